The van der Waals surface area contributed by atoms with E-state index in [9.17, 15) is 0 Å². The Hall–Kier alpha value is -1.75. The van der Waals surface area contributed by atoms with E-state index < -0.39 is 0 Å². The second kappa shape index (κ2) is 6.99. The molecule has 4 nitrogen and oxygen atoms in total. The quantitative estimate of drug-likeness (QED) is 0.471. The van der Waals surface area contributed by atoms with Gasteiger partial charge in [-0.2, -0.15) is 10.2 Å². The number of azo groups is 1. The van der Waals surface area contributed by atoms with Crippen LogP contribution in [0, 0.1) is 0 Å². The Morgan fingerprint density at radius 1 is 1.21 bits per heavy atom. The molecule has 1 aromatic carbocycles. The predicted octanol–water partition coefficient (Wildman–Crippen LogP) is 3.91. The summed E-state index contributed by atoms with van der Waals surface area (Å²) in [7, 11) is 0. The maximum Gasteiger partial charge on any atom is 0.187 e. The molecule has 0 N–H and O–H groups in total. The second-order valence-electron chi connectivity index (χ2n) is 4.14. The summed E-state index contributed by atoms with van der Waals surface area (Å²) in [6.07, 6.45) is 4.53. The van der Waals surface area contributed by atoms with Gasteiger partial charge in [0.1, 0.15) is 0 Å². The largest absolute Gasteiger partial charge is 0.231 e. The molecule has 98 valence electrons. The molecular formula is C14H16N4S. The summed E-state index contributed by atoms with van der Waals surface area (Å²) in [5.74, 6) is 0. The monoisotopic (exact) mass is 272 g/mol. The molecule has 1 aromatic heterocycles. The highest BCUT2D eigenvalue weighted by Gasteiger charge is 2.04. The Bertz CT molecular complexity index is 542. The summed E-state index contributed by atoms with van der Waals surface area (Å²) in [5, 5.41) is 9.32. The molecule has 0 saturated carbocycles. The maximum absolute atomic E-state index is 4.44. The molecule has 0 radical (unpaired) electrons. The highest BCUT2D eigenvalue weighted by Crippen LogP contribution is 2.13. The van der Waals surface area contributed by atoms with Crippen LogP contribution in [0.1, 0.15) is 12.6 Å². The van der Waals surface area contributed by atoms with Gasteiger partial charge in [0.15, 0.2) is 5.16 Å². The molecule has 0 spiro atoms. The number of hydrogen-bond acceptors (Lipinski definition) is 5. The Labute approximate surface area is 117 Å². The number of rotatable bonds is 5. The van der Waals surface area contributed by atoms with E-state index in [0.29, 0.717) is 0 Å². The molecule has 0 fully saturated rings. The fourth-order valence-corrected chi connectivity index (χ4v) is 1.97. The molecular weight excluding hydrogens is 256 g/mol. The van der Waals surface area contributed by atoms with Crippen molar-refractivity contribution in [2.24, 2.45) is 10.2 Å². The van der Waals surface area contributed by atoms with Crippen molar-refractivity contribution >= 4 is 17.4 Å². The molecule has 0 amide bonds. The molecule has 0 aliphatic carbocycles. The van der Waals surface area contributed by atoms with Gasteiger partial charge in [-0.1, -0.05) is 30.0 Å². The molecule has 5 heteroatoms. The van der Waals surface area contributed by atoms with Crippen molar-refractivity contribution in [3.63, 3.8) is 0 Å². The zero-order valence-corrected chi connectivity index (χ0v) is 11.8. The average Bonchev–Trinajstić information content (AvgIpc) is 2.46. The zero-order valence-electron chi connectivity index (χ0n) is 11.0. The van der Waals surface area contributed by atoms with E-state index in [4.69, 9.17) is 0 Å². The maximum atomic E-state index is 4.44. The van der Waals surface area contributed by atoms with Crippen LogP contribution >= 0.6 is 11.8 Å². The van der Waals surface area contributed by atoms with Gasteiger partial charge in [-0.3, -0.25) is 0 Å². The summed E-state index contributed by atoms with van der Waals surface area (Å²) in [6.45, 7) is 2.04. The molecule has 0 aliphatic heterocycles. The van der Waals surface area contributed by atoms with Crippen molar-refractivity contribution in [1.82, 2.24) is 9.97 Å². The number of benzene rings is 1. The lowest BCUT2D eigenvalue weighted by Crippen LogP contribution is -2.04. The van der Waals surface area contributed by atoms with Crippen molar-refractivity contribution in [2.75, 3.05) is 6.26 Å². The minimum atomic E-state index is 0.102. The highest BCUT2D eigenvalue weighted by atomic mass is 32.2. The summed E-state index contributed by atoms with van der Waals surface area (Å²) in [5.41, 5.74) is 1.88. The molecule has 0 aliphatic rings. The molecule has 0 saturated heterocycles. The van der Waals surface area contributed by atoms with Crippen LogP contribution in [-0.4, -0.2) is 22.3 Å². The lowest BCUT2D eigenvalue weighted by Gasteiger charge is -2.05. The second-order valence-corrected chi connectivity index (χ2v) is 4.91. The third-order valence-corrected chi connectivity index (χ3v) is 3.07. The fourth-order valence-electron chi connectivity index (χ4n) is 1.59. The van der Waals surface area contributed by atoms with E-state index in [-0.39, 0.29) is 6.04 Å². The van der Waals surface area contributed by atoms with Crippen LogP contribution in [-0.2, 0) is 6.42 Å². The Kier molecular flexibility index (Phi) is 5.03. The van der Waals surface area contributed by atoms with Gasteiger partial charge in [0, 0.05) is 18.3 Å². The molecule has 1 atom stereocenters. The SMILES string of the molecule is CSc1nccc(CC(C)N=Nc2ccccc2)n1. The molecule has 2 rings (SSSR count). The van der Waals surface area contributed by atoms with Gasteiger partial charge in [-0.25, -0.2) is 9.97 Å². The fraction of sp³-hybridized carbons (Fsp3) is 0.286. The summed E-state index contributed by atoms with van der Waals surface area (Å²) < 4.78 is 0. The number of hydrogen-bond donors (Lipinski definition) is 0. The van der Waals surface area contributed by atoms with E-state index >= 15 is 0 Å². The van der Waals surface area contributed by atoms with Crippen LogP contribution in [0.5, 0.6) is 0 Å². The normalized spacial score (nSPS) is 12.7. The van der Waals surface area contributed by atoms with Crippen LogP contribution < -0.4 is 0 Å². The number of nitrogens with zero attached hydrogens (tertiary/aromatic N) is 4. The first-order chi connectivity index (χ1) is 9.28. The standard InChI is InChI=1S/C14H16N4S/c1-11(17-18-12-6-4-3-5-7-12)10-13-8-9-15-14(16-13)19-2/h3-9,11H,10H2,1-2H3. The minimum Gasteiger partial charge on any atom is -0.231 e. The van der Waals surface area contributed by atoms with Gasteiger partial charge >= 0.3 is 0 Å². The van der Waals surface area contributed by atoms with E-state index in [1.165, 1.54) is 0 Å². The van der Waals surface area contributed by atoms with Crippen LogP contribution in [0.25, 0.3) is 0 Å². The van der Waals surface area contributed by atoms with E-state index in [1.54, 1.807) is 18.0 Å². The summed E-state index contributed by atoms with van der Waals surface area (Å²) in [6, 6.07) is 11.8. The van der Waals surface area contributed by atoms with Gasteiger partial charge in [0.25, 0.3) is 0 Å². The van der Waals surface area contributed by atoms with Crippen LogP contribution in [0.4, 0.5) is 5.69 Å². The van der Waals surface area contributed by atoms with Crippen molar-refractivity contribution < 1.29 is 0 Å². The van der Waals surface area contributed by atoms with Gasteiger partial charge in [-0.05, 0) is 31.4 Å². The highest BCUT2D eigenvalue weighted by molar-refractivity contribution is 7.98. The number of aromatic nitrogens is 2. The van der Waals surface area contributed by atoms with Gasteiger partial charge in [-0.15, -0.1) is 0 Å². The first-order valence-electron chi connectivity index (χ1n) is 6.10. The van der Waals surface area contributed by atoms with Gasteiger partial charge in [0.05, 0.1) is 11.7 Å². The molecule has 0 bridgehead atoms. The van der Waals surface area contributed by atoms with Gasteiger partial charge < -0.3 is 0 Å². The van der Waals surface area contributed by atoms with Crippen LogP contribution in [0.3, 0.4) is 0 Å². The third kappa shape index (κ3) is 4.44. The molecule has 1 unspecified atom stereocenters. The topological polar surface area (TPSA) is 50.5 Å². The van der Waals surface area contributed by atoms with Crippen molar-refractivity contribution in [3.8, 4) is 0 Å². The van der Waals surface area contributed by atoms with Crippen LogP contribution in [0.2, 0.25) is 0 Å². The Morgan fingerprint density at radius 2 is 2.00 bits per heavy atom. The molecule has 19 heavy (non-hydrogen) atoms. The first-order valence-corrected chi connectivity index (χ1v) is 7.32. The lowest BCUT2D eigenvalue weighted by molar-refractivity contribution is 0.678. The van der Waals surface area contributed by atoms with Gasteiger partial charge in [0.2, 0.25) is 0 Å². The van der Waals surface area contributed by atoms with E-state index in [1.807, 2.05) is 49.6 Å². The Morgan fingerprint density at radius 3 is 2.74 bits per heavy atom. The van der Waals surface area contributed by atoms with E-state index in [0.717, 1.165) is 23.0 Å². The third-order valence-electron chi connectivity index (χ3n) is 2.50. The lowest BCUT2D eigenvalue weighted by atomic mass is 10.2. The molecule has 1 heterocycles. The minimum absolute atomic E-state index is 0.102. The van der Waals surface area contributed by atoms with Crippen molar-refractivity contribution in [3.05, 3.63) is 48.3 Å². The summed E-state index contributed by atoms with van der Waals surface area (Å²) in [4.78, 5) is 8.59. The predicted molar refractivity (Wildman–Crippen MR) is 77.9 cm³/mol. The van der Waals surface area contributed by atoms with Crippen molar-refractivity contribution in [1.29, 1.82) is 0 Å². The Balaban J connectivity index is 1.97. The van der Waals surface area contributed by atoms with Crippen LogP contribution in [0.15, 0.2) is 58.0 Å². The average molecular weight is 272 g/mol. The van der Waals surface area contributed by atoms with Crippen molar-refractivity contribution in [2.45, 2.75) is 24.5 Å². The smallest absolute Gasteiger partial charge is 0.187 e. The first kappa shape index (κ1) is 13.7. The number of thioether (sulfide) groups is 1. The van der Waals surface area contributed by atoms with E-state index in [2.05, 4.69) is 20.2 Å². The summed E-state index contributed by atoms with van der Waals surface area (Å²) >= 11 is 1.54. The molecule has 2 aromatic rings. The zero-order chi connectivity index (χ0) is 13.5.